The maximum Gasteiger partial charge on any atom is 0.232 e. The molecular formula is C15H20ClN3OS. The zero-order chi connectivity index (χ0) is 15.1. The number of ether oxygens (including phenoxy) is 1. The fourth-order valence-electron chi connectivity index (χ4n) is 1.88. The largest absolute Gasteiger partial charge is 0.476 e. The molecule has 6 heteroatoms. The van der Waals surface area contributed by atoms with Gasteiger partial charge in [-0.1, -0.05) is 18.5 Å². The fourth-order valence-corrected chi connectivity index (χ4v) is 2.89. The number of rotatable bonds is 8. The van der Waals surface area contributed by atoms with Crippen molar-refractivity contribution >= 4 is 22.9 Å². The Morgan fingerprint density at radius 1 is 1.38 bits per heavy atom. The van der Waals surface area contributed by atoms with Crippen molar-refractivity contribution < 1.29 is 4.74 Å². The minimum Gasteiger partial charge on any atom is -0.476 e. The molecule has 0 amide bonds. The number of halogens is 1. The van der Waals surface area contributed by atoms with Crippen LogP contribution >= 0.6 is 22.9 Å². The SMILES string of the molecule is CCCNCc1cnc(OCCc2scnc2C)c(Cl)c1. The van der Waals surface area contributed by atoms with Gasteiger partial charge in [0.1, 0.15) is 5.02 Å². The molecule has 1 N–H and O–H groups in total. The van der Waals surface area contributed by atoms with Crippen LogP contribution in [0.2, 0.25) is 5.02 Å². The van der Waals surface area contributed by atoms with Crippen LogP contribution in [0.1, 0.15) is 29.5 Å². The first-order valence-electron chi connectivity index (χ1n) is 7.07. The summed E-state index contributed by atoms with van der Waals surface area (Å²) < 4.78 is 5.66. The molecule has 0 atom stereocenters. The third-order valence-electron chi connectivity index (χ3n) is 3.03. The molecule has 0 radical (unpaired) electrons. The highest BCUT2D eigenvalue weighted by Crippen LogP contribution is 2.23. The van der Waals surface area contributed by atoms with E-state index in [4.69, 9.17) is 16.3 Å². The first-order chi connectivity index (χ1) is 10.2. The van der Waals surface area contributed by atoms with Crippen molar-refractivity contribution in [2.45, 2.75) is 33.2 Å². The molecule has 0 unspecified atom stereocenters. The minimum atomic E-state index is 0.498. The predicted octanol–water partition coefficient (Wildman–Crippen LogP) is 3.62. The van der Waals surface area contributed by atoms with E-state index in [1.807, 2.05) is 24.7 Å². The summed E-state index contributed by atoms with van der Waals surface area (Å²) in [6.45, 7) is 6.48. The van der Waals surface area contributed by atoms with Crippen molar-refractivity contribution in [2.24, 2.45) is 0 Å². The zero-order valence-corrected chi connectivity index (χ0v) is 13.9. The topological polar surface area (TPSA) is 47.0 Å². The standard InChI is InChI=1S/C15H20ClN3OS/c1-3-5-17-8-12-7-13(16)15(18-9-12)20-6-4-14-11(2)19-10-21-14/h7,9-10,17H,3-6,8H2,1-2H3. The highest BCUT2D eigenvalue weighted by atomic mass is 35.5. The maximum atomic E-state index is 6.21. The van der Waals surface area contributed by atoms with E-state index < -0.39 is 0 Å². The van der Waals surface area contributed by atoms with Gasteiger partial charge in [-0.25, -0.2) is 9.97 Å². The molecule has 0 bridgehead atoms. The molecule has 0 aliphatic carbocycles. The highest BCUT2D eigenvalue weighted by molar-refractivity contribution is 7.09. The van der Waals surface area contributed by atoms with Gasteiger partial charge in [0.25, 0.3) is 0 Å². The van der Waals surface area contributed by atoms with E-state index in [-0.39, 0.29) is 0 Å². The Balaban J connectivity index is 1.84. The zero-order valence-electron chi connectivity index (χ0n) is 12.4. The Morgan fingerprint density at radius 3 is 2.90 bits per heavy atom. The Morgan fingerprint density at radius 2 is 2.24 bits per heavy atom. The van der Waals surface area contributed by atoms with Crippen molar-refractivity contribution in [3.8, 4) is 5.88 Å². The molecule has 0 aliphatic heterocycles. The summed E-state index contributed by atoms with van der Waals surface area (Å²) in [5.41, 5.74) is 3.99. The summed E-state index contributed by atoms with van der Waals surface area (Å²) in [7, 11) is 0. The van der Waals surface area contributed by atoms with Crippen LogP contribution in [0, 0.1) is 6.92 Å². The summed E-state index contributed by atoms with van der Waals surface area (Å²) in [6.07, 6.45) is 3.75. The fraction of sp³-hybridized carbons (Fsp3) is 0.467. The van der Waals surface area contributed by atoms with Gasteiger partial charge < -0.3 is 10.1 Å². The summed E-state index contributed by atoms with van der Waals surface area (Å²) in [5, 5.41) is 3.88. The van der Waals surface area contributed by atoms with Crippen LogP contribution in [-0.2, 0) is 13.0 Å². The minimum absolute atomic E-state index is 0.498. The summed E-state index contributed by atoms with van der Waals surface area (Å²) in [5.74, 6) is 0.498. The van der Waals surface area contributed by atoms with Gasteiger partial charge in [-0.2, -0.15) is 0 Å². The summed E-state index contributed by atoms with van der Waals surface area (Å²) in [4.78, 5) is 9.76. The average Bonchev–Trinajstić information content (AvgIpc) is 2.87. The lowest BCUT2D eigenvalue weighted by molar-refractivity contribution is 0.310. The van der Waals surface area contributed by atoms with Crippen molar-refractivity contribution in [3.05, 3.63) is 38.9 Å². The number of thiazole rings is 1. The Labute approximate surface area is 134 Å². The van der Waals surface area contributed by atoms with Crippen LogP contribution in [0.25, 0.3) is 0 Å². The normalized spacial score (nSPS) is 10.8. The summed E-state index contributed by atoms with van der Waals surface area (Å²) in [6, 6.07) is 1.91. The maximum absolute atomic E-state index is 6.21. The molecule has 21 heavy (non-hydrogen) atoms. The monoisotopic (exact) mass is 325 g/mol. The highest BCUT2D eigenvalue weighted by Gasteiger charge is 2.06. The van der Waals surface area contributed by atoms with Crippen molar-refractivity contribution in [1.82, 2.24) is 15.3 Å². The van der Waals surface area contributed by atoms with Crippen LogP contribution in [0.15, 0.2) is 17.8 Å². The Kier molecular flexibility index (Phi) is 6.42. The number of aryl methyl sites for hydroxylation is 1. The van der Waals surface area contributed by atoms with Crippen LogP contribution in [0.3, 0.4) is 0 Å². The van der Waals surface area contributed by atoms with Crippen LogP contribution < -0.4 is 10.1 Å². The van der Waals surface area contributed by atoms with Gasteiger partial charge in [-0.15, -0.1) is 11.3 Å². The number of nitrogens with one attached hydrogen (secondary N) is 1. The van der Waals surface area contributed by atoms with E-state index in [2.05, 4.69) is 22.2 Å². The Hall–Kier alpha value is -1.17. The van der Waals surface area contributed by atoms with E-state index >= 15 is 0 Å². The number of pyridine rings is 1. The third-order valence-corrected chi connectivity index (χ3v) is 4.30. The second-order valence-electron chi connectivity index (χ2n) is 4.77. The van der Waals surface area contributed by atoms with Crippen molar-refractivity contribution in [2.75, 3.05) is 13.2 Å². The van der Waals surface area contributed by atoms with Gasteiger partial charge in [0.05, 0.1) is 17.8 Å². The molecule has 2 aromatic rings. The molecule has 0 aliphatic rings. The van der Waals surface area contributed by atoms with Gasteiger partial charge in [-0.3, -0.25) is 0 Å². The molecule has 0 fully saturated rings. The first-order valence-corrected chi connectivity index (χ1v) is 8.33. The number of hydrogen-bond donors (Lipinski definition) is 1. The molecule has 114 valence electrons. The van der Waals surface area contributed by atoms with E-state index in [0.717, 1.165) is 37.2 Å². The van der Waals surface area contributed by atoms with E-state index in [1.54, 1.807) is 11.3 Å². The van der Waals surface area contributed by atoms with E-state index in [1.165, 1.54) is 4.88 Å². The van der Waals surface area contributed by atoms with Crippen LogP contribution in [0.4, 0.5) is 0 Å². The smallest absolute Gasteiger partial charge is 0.232 e. The molecule has 0 spiro atoms. The second kappa shape index (κ2) is 8.32. The van der Waals surface area contributed by atoms with Crippen LogP contribution in [0.5, 0.6) is 5.88 Å². The van der Waals surface area contributed by atoms with Gasteiger partial charge in [0, 0.05) is 24.0 Å². The Bertz CT molecular complexity index is 574. The molecule has 0 saturated heterocycles. The molecule has 2 rings (SSSR count). The predicted molar refractivity (Wildman–Crippen MR) is 87.3 cm³/mol. The molecule has 0 saturated carbocycles. The van der Waals surface area contributed by atoms with E-state index in [0.29, 0.717) is 17.5 Å². The van der Waals surface area contributed by atoms with Gasteiger partial charge in [0.2, 0.25) is 5.88 Å². The van der Waals surface area contributed by atoms with Gasteiger partial charge >= 0.3 is 0 Å². The van der Waals surface area contributed by atoms with Crippen molar-refractivity contribution in [3.63, 3.8) is 0 Å². The molecular weight excluding hydrogens is 306 g/mol. The lowest BCUT2D eigenvalue weighted by atomic mass is 10.3. The quantitative estimate of drug-likeness (QED) is 0.753. The molecule has 0 aromatic carbocycles. The number of aromatic nitrogens is 2. The molecule has 2 heterocycles. The van der Waals surface area contributed by atoms with Gasteiger partial charge in [0.15, 0.2) is 0 Å². The first kappa shape index (κ1) is 16.2. The molecule has 2 aromatic heterocycles. The third kappa shape index (κ3) is 4.95. The average molecular weight is 326 g/mol. The van der Waals surface area contributed by atoms with Crippen molar-refractivity contribution in [1.29, 1.82) is 0 Å². The van der Waals surface area contributed by atoms with Crippen LogP contribution in [-0.4, -0.2) is 23.1 Å². The molecule has 4 nitrogen and oxygen atoms in total. The summed E-state index contributed by atoms with van der Waals surface area (Å²) >= 11 is 7.86. The van der Waals surface area contributed by atoms with E-state index in [9.17, 15) is 0 Å². The second-order valence-corrected chi connectivity index (χ2v) is 6.11. The lowest BCUT2D eigenvalue weighted by Crippen LogP contribution is -2.14. The number of hydrogen-bond acceptors (Lipinski definition) is 5. The van der Waals surface area contributed by atoms with Gasteiger partial charge in [-0.05, 0) is 31.5 Å². The lowest BCUT2D eigenvalue weighted by Gasteiger charge is -2.08. The number of nitrogens with zero attached hydrogens (tertiary/aromatic N) is 2.